The molecule has 20 heavy (non-hydrogen) atoms. The van der Waals surface area contributed by atoms with Crippen LogP contribution in [-0.4, -0.2) is 13.7 Å². The van der Waals surface area contributed by atoms with E-state index in [1.807, 2.05) is 42.5 Å². The van der Waals surface area contributed by atoms with E-state index in [-0.39, 0.29) is 5.92 Å². The Hall–Kier alpha value is -1.22. The molecule has 106 valence electrons. The van der Waals surface area contributed by atoms with Crippen LogP contribution in [0.4, 0.5) is 0 Å². The largest absolute Gasteiger partial charge is 0.496 e. The van der Waals surface area contributed by atoms with Gasteiger partial charge >= 0.3 is 0 Å². The lowest BCUT2D eigenvalue weighted by Crippen LogP contribution is -2.16. The van der Waals surface area contributed by atoms with Crippen LogP contribution in [0.5, 0.6) is 5.75 Å². The molecule has 0 saturated carbocycles. The zero-order valence-electron chi connectivity index (χ0n) is 11.3. The molecular formula is C16H17Cl2NO. The Balaban J connectivity index is 2.31. The summed E-state index contributed by atoms with van der Waals surface area (Å²) < 4.78 is 5.38. The summed E-state index contributed by atoms with van der Waals surface area (Å²) in [5.74, 6) is 0.955. The van der Waals surface area contributed by atoms with Crippen LogP contribution in [0.25, 0.3) is 0 Å². The zero-order chi connectivity index (χ0) is 14.5. The summed E-state index contributed by atoms with van der Waals surface area (Å²) in [4.78, 5) is 0. The quantitative estimate of drug-likeness (QED) is 0.894. The maximum atomic E-state index is 6.26. The summed E-state index contributed by atoms with van der Waals surface area (Å²) in [5, 5.41) is 1.43. The SMILES string of the molecule is COc1ccc(Cl)cc1CC(CN)c1ccccc1Cl. The molecule has 0 saturated heterocycles. The molecule has 0 bridgehead atoms. The Morgan fingerprint density at radius 1 is 1.15 bits per heavy atom. The highest BCUT2D eigenvalue weighted by Gasteiger charge is 2.16. The highest BCUT2D eigenvalue weighted by molar-refractivity contribution is 6.31. The molecule has 0 spiro atoms. The van der Waals surface area contributed by atoms with Crippen LogP contribution in [0.1, 0.15) is 17.0 Å². The summed E-state index contributed by atoms with van der Waals surface area (Å²) in [6.07, 6.45) is 0.740. The molecule has 4 heteroatoms. The maximum Gasteiger partial charge on any atom is 0.122 e. The number of nitrogens with two attached hydrogens (primary N) is 1. The third-order valence-electron chi connectivity index (χ3n) is 3.34. The van der Waals surface area contributed by atoms with Gasteiger partial charge in [0.2, 0.25) is 0 Å². The van der Waals surface area contributed by atoms with Gasteiger partial charge in [-0.15, -0.1) is 0 Å². The summed E-state index contributed by atoms with van der Waals surface area (Å²) in [7, 11) is 1.65. The van der Waals surface area contributed by atoms with Crippen molar-refractivity contribution in [1.29, 1.82) is 0 Å². The third-order valence-corrected chi connectivity index (χ3v) is 3.92. The van der Waals surface area contributed by atoms with Crippen LogP contribution in [-0.2, 0) is 6.42 Å². The lowest BCUT2D eigenvalue weighted by atomic mass is 9.91. The minimum absolute atomic E-state index is 0.135. The molecule has 0 aromatic heterocycles. The standard InChI is InChI=1S/C16H17Cl2NO/c1-20-16-7-6-13(17)9-11(16)8-12(10-19)14-4-2-3-5-15(14)18/h2-7,9,12H,8,10,19H2,1H3. The molecule has 2 N–H and O–H groups in total. The van der Waals surface area contributed by atoms with Gasteiger partial charge in [-0.25, -0.2) is 0 Å². The van der Waals surface area contributed by atoms with Crippen LogP contribution >= 0.6 is 23.2 Å². The zero-order valence-corrected chi connectivity index (χ0v) is 12.8. The number of rotatable bonds is 5. The number of halogens is 2. The third kappa shape index (κ3) is 3.45. The molecule has 2 aromatic rings. The molecule has 0 radical (unpaired) electrons. The fourth-order valence-corrected chi connectivity index (χ4v) is 2.78. The van der Waals surface area contributed by atoms with Crippen LogP contribution in [0.2, 0.25) is 10.0 Å². The van der Waals surface area contributed by atoms with Crippen molar-refractivity contribution in [2.75, 3.05) is 13.7 Å². The minimum atomic E-state index is 0.135. The average molecular weight is 310 g/mol. The Morgan fingerprint density at radius 3 is 2.55 bits per heavy atom. The van der Waals surface area contributed by atoms with Gasteiger partial charge in [0.15, 0.2) is 0 Å². The fourth-order valence-electron chi connectivity index (χ4n) is 2.30. The molecule has 2 rings (SSSR count). The highest BCUT2D eigenvalue weighted by Crippen LogP contribution is 2.31. The van der Waals surface area contributed by atoms with Gasteiger partial charge in [-0.1, -0.05) is 41.4 Å². The van der Waals surface area contributed by atoms with Gasteiger partial charge in [0.25, 0.3) is 0 Å². The smallest absolute Gasteiger partial charge is 0.122 e. The Labute approximate surface area is 129 Å². The topological polar surface area (TPSA) is 35.2 Å². The van der Waals surface area contributed by atoms with E-state index in [0.29, 0.717) is 11.6 Å². The van der Waals surface area contributed by atoms with Crippen LogP contribution in [0.15, 0.2) is 42.5 Å². The van der Waals surface area contributed by atoms with Crippen LogP contribution < -0.4 is 10.5 Å². The molecule has 1 atom stereocenters. The van der Waals surface area contributed by atoms with E-state index in [2.05, 4.69) is 0 Å². The molecule has 0 amide bonds. The molecule has 2 nitrogen and oxygen atoms in total. The first-order valence-electron chi connectivity index (χ1n) is 6.42. The van der Waals surface area contributed by atoms with Crippen molar-refractivity contribution in [2.24, 2.45) is 5.73 Å². The summed E-state index contributed by atoms with van der Waals surface area (Å²) >= 11 is 12.3. The average Bonchev–Trinajstić information content (AvgIpc) is 2.46. The second-order valence-corrected chi connectivity index (χ2v) is 5.46. The van der Waals surface area contributed by atoms with Gasteiger partial charge in [-0.05, 0) is 48.4 Å². The monoisotopic (exact) mass is 309 g/mol. The van der Waals surface area contributed by atoms with Crippen molar-refractivity contribution < 1.29 is 4.74 Å². The van der Waals surface area contributed by atoms with Gasteiger partial charge in [-0.2, -0.15) is 0 Å². The second kappa shape index (κ2) is 6.98. The Morgan fingerprint density at radius 2 is 1.90 bits per heavy atom. The lowest BCUT2D eigenvalue weighted by molar-refractivity contribution is 0.408. The Kier molecular flexibility index (Phi) is 5.30. The van der Waals surface area contributed by atoms with Gasteiger partial charge in [0, 0.05) is 16.0 Å². The maximum absolute atomic E-state index is 6.26. The van der Waals surface area contributed by atoms with E-state index >= 15 is 0 Å². The highest BCUT2D eigenvalue weighted by atomic mass is 35.5. The van der Waals surface area contributed by atoms with E-state index in [1.54, 1.807) is 7.11 Å². The van der Waals surface area contributed by atoms with Crippen molar-refractivity contribution in [3.8, 4) is 5.75 Å². The predicted octanol–water partition coefficient (Wildman–Crippen LogP) is 4.29. The van der Waals surface area contributed by atoms with E-state index in [0.717, 1.165) is 28.3 Å². The summed E-state index contributed by atoms with van der Waals surface area (Å²) in [6.45, 7) is 0.513. The molecule has 0 fully saturated rings. The van der Waals surface area contributed by atoms with Crippen molar-refractivity contribution in [3.05, 3.63) is 63.6 Å². The fraction of sp³-hybridized carbons (Fsp3) is 0.250. The van der Waals surface area contributed by atoms with Crippen LogP contribution in [0.3, 0.4) is 0 Å². The number of hydrogen-bond donors (Lipinski definition) is 1. The molecule has 0 heterocycles. The summed E-state index contributed by atoms with van der Waals surface area (Å²) in [5.41, 5.74) is 8.01. The minimum Gasteiger partial charge on any atom is -0.496 e. The van der Waals surface area contributed by atoms with Gasteiger partial charge in [-0.3, -0.25) is 0 Å². The van der Waals surface area contributed by atoms with E-state index < -0.39 is 0 Å². The van der Waals surface area contributed by atoms with Crippen molar-refractivity contribution in [3.63, 3.8) is 0 Å². The number of hydrogen-bond acceptors (Lipinski definition) is 2. The van der Waals surface area contributed by atoms with Gasteiger partial charge < -0.3 is 10.5 Å². The first kappa shape index (κ1) is 15.2. The van der Waals surface area contributed by atoms with E-state index in [4.69, 9.17) is 33.7 Å². The van der Waals surface area contributed by atoms with E-state index in [1.165, 1.54) is 0 Å². The molecule has 2 aromatic carbocycles. The van der Waals surface area contributed by atoms with Crippen molar-refractivity contribution >= 4 is 23.2 Å². The molecular weight excluding hydrogens is 293 g/mol. The first-order valence-corrected chi connectivity index (χ1v) is 7.18. The molecule has 0 aliphatic rings. The van der Waals surface area contributed by atoms with Crippen molar-refractivity contribution in [1.82, 2.24) is 0 Å². The van der Waals surface area contributed by atoms with Crippen molar-refractivity contribution in [2.45, 2.75) is 12.3 Å². The Bertz CT molecular complexity index is 586. The summed E-state index contributed by atoms with van der Waals surface area (Å²) in [6, 6.07) is 13.4. The molecule has 1 unspecified atom stereocenters. The first-order chi connectivity index (χ1) is 9.65. The number of ether oxygens (including phenoxy) is 1. The second-order valence-electron chi connectivity index (χ2n) is 4.61. The molecule has 0 aliphatic carbocycles. The van der Waals surface area contributed by atoms with E-state index in [9.17, 15) is 0 Å². The number of methoxy groups -OCH3 is 1. The predicted molar refractivity (Wildman–Crippen MR) is 85.0 cm³/mol. The van der Waals surface area contributed by atoms with Gasteiger partial charge in [0.1, 0.15) is 5.75 Å². The molecule has 0 aliphatic heterocycles. The lowest BCUT2D eigenvalue weighted by Gasteiger charge is -2.18. The number of benzene rings is 2. The normalized spacial score (nSPS) is 12.2. The van der Waals surface area contributed by atoms with Gasteiger partial charge in [0.05, 0.1) is 7.11 Å². The van der Waals surface area contributed by atoms with Crippen LogP contribution in [0, 0.1) is 0 Å².